The van der Waals surface area contributed by atoms with Crippen molar-refractivity contribution in [2.24, 2.45) is 5.92 Å². The number of alkyl halides is 3. The molecule has 2 aromatic rings. The Balaban J connectivity index is 1.84. The van der Waals surface area contributed by atoms with E-state index in [-0.39, 0.29) is 16.9 Å². The summed E-state index contributed by atoms with van der Waals surface area (Å²) in [6, 6.07) is 9.07. The predicted molar refractivity (Wildman–Crippen MR) is 105 cm³/mol. The zero-order chi connectivity index (χ0) is 21.4. The summed E-state index contributed by atoms with van der Waals surface area (Å²) >= 11 is 0. The number of sulfone groups is 1. The molecule has 6 nitrogen and oxygen atoms in total. The molecule has 0 spiro atoms. The molecule has 0 amide bonds. The molecule has 0 aliphatic carbocycles. The van der Waals surface area contributed by atoms with Gasteiger partial charge in [0.1, 0.15) is 0 Å². The highest BCUT2D eigenvalue weighted by atomic mass is 32.2. The Morgan fingerprint density at radius 1 is 1.10 bits per heavy atom. The number of nitrogens with zero attached hydrogens (tertiary/aromatic N) is 4. The molecule has 1 fully saturated rings. The minimum absolute atomic E-state index is 0.0170. The van der Waals surface area contributed by atoms with E-state index in [2.05, 4.69) is 15.1 Å². The van der Waals surface area contributed by atoms with Crippen LogP contribution in [0.15, 0.2) is 41.3 Å². The Bertz CT molecular complexity index is 962. The van der Waals surface area contributed by atoms with Gasteiger partial charge in [-0.1, -0.05) is 19.9 Å². The maximum Gasteiger partial charge on any atom is 0.435 e. The van der Waals surface area contributed by atoms with E-state index >= 15 is 0 Å². The maximum absolute atomic E-state index is 12.8. The monoisotopic (exact) mass is 428 g/mol. The third kappa shape index (κ3) is 4.80. The lowest BCUT2D eigenvalue weighted by atomic mass is 9.99. The summed E-state index contributed by atoms with van der Waals surface area (Å²) in [4.78, 5) is 4.31. The molecule has 3 rings (SSSR count). The van der Waals surface area contributed by atoms with Gasteiger partial charge in [-0.05, 0) is 36.2 Å². The fraction of sp³-hybridized carbons (Fsp3) is 0.474. The van der Waals surface area contributed by atoms with Gasteiger partial charge in [0.05, 0.1) is 10.9 Å². The van der Waals surface area contributed by atoms with Crippen LogP contribution in [0.3, 0.4) is 0 Å². The number of halogens is 3. The number of rotatable bonds is 4. The molecule has 0 N–H and O–H groups in total. The summed E-state index contributed by atoms with van der Waals surface area (Å²) in [5, 5.41) is 7.14. The van der Waals surface area contributed by atoms with Crippen molar-refractivity contribution in [2.45, 2.75) is 31.0 Å². The number of hydrogen-bond donors (Lipinski definition) is 0. The summed E-state index contributed by atoms with van der Waals surface area (Å²) in [6.07, 6.45) is -3.35. The van der Waals surface area contributed by atoms with Gasteiger partial charge in [-0.25, -0.2) is 8.42 Å². The van der Waals surface area contributed by atoms with Gasteiger partial charge in [-0.15, -0.1) is 10.2 Å². The minimum Gasteiger partial charge on any atom is -0.368 e. The van der Waals surface area contributed by atoms with Gasteiger partial charge in [0.25, 0.3) is 0 Å². The zero-order valence-corrected chi connectivity index (χ0v) is 17.2. The van der Waals surface area contributed by atoms with E-state index < -0.39 is 21.7 Å². The maximum atomic E-state index is 12.8. The average Bonchev–Trinajstić information content (AvgIpc) is 2.66. The largest absolute Gasteiger partial charge is 0.435 e. The van der Waals surface area contributed by atoms with Crippen LogP contribution in [-0.4, -0.2) is 50.5 Å². The van der Waals surface area contributed by atoms with Crippen LogP contribution in [-0.2, 0) is 16.0 Å². The van der Waals surface area contributed by atoms with Crippen molar-refractivity contribution in [3.05, 3.63) is 42.1 Å². The molecule has 0 unspecified atom stereocenters. The van der Waals surface area contributed by atoms with Gasteiger partial charge in [0.15, 0.2) is 21.3 Å². The van der Waals surface area contributed by atoms with Crippen molar-refractivity contribution in [1.82, 2.24) is 10.2 Å². The Morgan fingerprint density at radius 3 is 2.38 bits per heavy atom. The topological polar surface area (TPSA) is 66.4 Å². The van der Waals surface area contributed by atoms with Crippen molar-refractivity contribution in [3.8, 4) is 0 Å². The quantitative estimate of drug-likeness (QED) is 0.745. The van der Waals surface area contributed by atoms with E-state index in [9.17, 15) is 21.6 Å². The van der Waals surface area contributed by atoms with Gasteiger partial charge in [0.2, 0.25) is 0 Å². The van der Waals surface area contributed by atoms with Crippen molar-refractivity contribution >= 4 is 21.3 Å². The molecular weight excluding hydrogens is 405 g/mol. The third-order valence-electron chi connectivity index (χ3n) is 5.03. The van der Waals surface area contributed by atoms with E-state index in [1.807, 2.05) is 24.8 Å². The van der Waals surface area contributed by atoms with Crippen LogP contribution in [0.25, 0.3) is 0 Å². The first-order valence-corrected chi connectivity index (χ1v) is 11.1. The number of hydrogen-bond acceptors (Lipinski definition) is 6. The molecule has 1 aromatic carbocycles. The van der Waals surface area contributed by atoms with Crippen molar-refractivity contribution < 1.29 is 21.6 Å². The lowest BCUT2D eigenvalue weighted by molar-refractivity contribution is -0.141. The lowest BCUT2D eigenvalue weighted by Crippen LogP contribution is -2.56. The SMILES string of the molecule is CC(C)[C@@H]1CN(c2cccc(S(C)(=O)=O)c2)CCN1c1ccc(C(F)(F)F)nn1. The summed E-state index contributed by atoms with van der Waals surface area (Å²) in [6.45, 7) is 5.77. The van der Waals surface area contributed by atoms with Crippen LogP contribution in [0.5, 0.6) is 0 Å². The van der Waals surface area contributed by atoms with Crippen molar-refractivity contribution in [1.29, 1.82) is 0 Å². The number of aromatic nitrogens is 2. The van der Waals surface area contributed by atoms with Crippen LogP contribution < -0.4 is 9.80 Å². The third-order valence-corrected chi connectivity index (χ3v) is 6.14. The molecule has 10 heteroatoms. The van der Waals surface area contributed by atoms with Gasteiger partial charge in [-0.2, -0.15) is 13.2 Å². The molecule has 0 radical (unpaired) electrons. The van der Waals surface area contributed by atoms with Crippen molar-refractivity contribution in [3.63, 3.8) is 0 Å². The van der Waals surface area contributed by atoms with Crippen LogP contribution in [0.2, 0.25) is 0 Å². The molecule has 2 heterocycles. The highest BCUT2D eigenvalue weighted by molar-refractivity contribution is 7.90. The normalized spacial score (nSPS) is 18.4. The minimum atomic E-state index is -4.52. The van der Waals surface area contributed by atoms with Crippen LogP contribution in [0, 0.1) is 5.92 Å². The second kappa shape index (κ2) is 7.81. The molecule has 1 aromatic heterocycles. The number of piperazine rings is 1. The molecule has 1 aliphatic heterocycles. The van der Waals surface area contributed by atoms with Gasteiger partial charge >= 0.3 is 6.18 Å². The molecule has 0 saturated carbocycles. The molecule has 158 valence electrons. The Morgan fingerprint density at radius 2 is 1.83 bits per heavy atom. The van der Waals surface area contributed by atoms with Crippen LogP contribution >= 0.6 is 0 Å². The van der Waals surface area contributed by atoms with E-state index in [4.69, 9.17) is 0 Å². The second-order valence-corrected chi connectivity index (χ2v) is 9.51. The van der Waals surface area contributed by atoms with Gasteiger partial charge in [-0.3, -0.25) is 0 Å². The van der Waals surface area contributed by atoms with Crippen molar-refractivity contribution in [2.75, 3.05) is 35.7 Å². The van der Waals surface area contributed by atoms with E-state index in [1.165, 1.54) is 12.3 Å². The second-order valence-electron chi connectivity index (χ2n) is 7.49. The summed E-state index contributed by atoms with van der Waals surface area (Å²) in [5.74, 6) is 0.598. The standard InChI is InChI=1S/C19H23F3N4O2S/c1-13(2)16-12-25(14-5-4-6-15(11-14)29(3,27)28)9-10-26(16)18-8-7-17(23-24-18)19(20,21)22/h4-8,11,13,16H,9-10,12H2,1-3H3/t16-/m0/s1. The first-order valence-electron chi connectivity index (χ1n) is 9.19. The fourth-order valence-electron chi connectivity index (χ4n) is 3.44. The Kier molecular flexibility index (Phi) is 5.75. The zero-order valence-electron chi connectivity index (χ0n) is 16.4. The van der Waals surface area contributed by atoms with E-state index in [0.29, 0.717) is 25.5 Å². The van der Waals surface area contributed by atoms with E-state index in [1.54, 1.807) is 18.2 Å². The molecule has 29 heavy (non-hydrogen) atoms. The van der Waals surface area contributed by atoms with Gasteiger partial charge in [0, 0.05) is 31.6 Å². The van der Waals surface area contributed by atoms with Crippen LogP contribution in [0.4, 0.5) is 24.7 Å². The Hall–Kier alpha value is -2.36. The average molecular weight is 428 g/mol. The highest BCUT2D eigenvalue weighted by Gasteiger charge is 2.35. The summed E-state index contributed by atoms with van der Waals surface area (Å²) in [7, 11) is -3.31. The molecule has 0 bridgehead atoms. The summed E-state index contributed by atoms with van der Waals surface area (Å²) < 4.78 is 62.0. The lowest BCUT2D eigenvalue weighted by Gasteiger charge is -2.44. The van der Waals surface area contributed by atoms with Gasteiger partial charge < -0.3 is 9.80 Å². The predicted octanol–water partition coefficient (Wildman–Crippen LogP) is 3.25. The van der Waals surface area contributed by atoms with E-state index in [0.717, 1.165) is 11.8 Å². The first-order chi connectivity index (χ1) is 13.5. The number of benzene rings is 1. The summed E-state index contributed by atoms with van der Waals surface area (Å²) in [5.41, 5.74) is -0.213. The molecule has 1 atom stereocenters. The smallest absolute Gasteiger partial charge is 0.368 e. The fourth-order valence-corrected chi connectivity index (χ4v) is 4.10. The molecule has 1 aliphatic rings. The molecule has 1 saturated heterocycles. The Labute approximate surface area is 168 Å². The van der Waals surface area contributed by atoms with Crippen LogP contribution in [0.1, 0.15) is 19.5 Å². The first kappa shape index (κ1) is 21.4. The highest BCUT2D eigenvalue weighted by Crippen LogP contribution is 2.30. The number of anilines is 2. The molecular formula is C19H23F3N4O2S.